The fraction of sp³-hybridized carbons (Fsp3) is 0.586. The highest BCUT2D eigenvalue weighted by atomic mass is 35.5. The average molecular weight is 554 g/mol. The number of aromatic nitrogens is 2. The Kier molecular flexibility index (Phi) is 6.91. The summed E-state index contributed by atoms with van der Waals surface area (Å²) in [4.78, 5) is 38.8. The number of carbonyl (C=O) groups is 2. The van der Waals surface area contributed by atoms with Crippen molar-refractivity contribution in [3.63, 3.8) is 0 Å². The Balaban J connectivity index is 1.11. The van der Waals surface area contributed by atoms with Gasteiger partial charge in [-0.1, -0.05) is 17.7 Å². The molecule has 4 bridgehead atoms. The summed E-state index contributed by atoms with van der Waals surface area (Å²) in [5.74, 6) is 2.14. The maximum absolute atomic E-state index is 13.3. The normalized spacial score (nSPS) is 31.3. The van der Waals surface area contributed by atoms with Crippen LogP contribution in [0.25, 0.3) is 0 Å². The van der Waals surface area contributed by atoms with Gasteiger partial charge in [0.15, 0.2) is 0 Å². The highest BCUT2D eigenvalue weighted by molar-refractivity contribution is 6.33. The van der Waals surface area contributed by atoms with Gasteiger partial charge in [-0.3, -0.25) is 4.79 Å². The van der Waals surface area contributed by atoms with Crippen LogP contribution in [-0.4, -0.2) is 70.9 Å². The van der Waals surface area contributed by atoms with Crippen LogP contribution in [0.5, 0.6) is 0 Å². The van der Waals surface area contributed by atoms with Crippen LogP contribution in [0.4, 0.5) is 11.6 Å². The number of carbonyl (C=O) groups excluding carboxylic acids is 2. The highest BCUT2D eigenvalue weighted by Crippen LogP contribution is 2.55. The molecule has 2 aromatic heterocycles. The quantitative estimate of drug-likeness (QED) is 0.522. The smallest absolute Gasteiger partial charge is 0.339 e. The number of halogens is 1. The van der Waals surface area contributed by atoms with Gasteiger partial charge in [-0.2, -0.15) is 0 Å². The Hall–Kier alpha value is -2.91. The van der Waals surface area contributed by atoms with Crippen LogP contribution in [0, 0.1) is 17.8 Å². The molecule has 0 spiro atoms. The number of anilines is 2. The zero-order valence-electron chi connectivity index (χ0n) is 22.5. The third-order valence-corrected chi connectivity index (χ3v) is 9.34. The Morgan fingerprint density at radius 1 is 1.21 bits per heavy atom. The molecule has 7 rings (SSSR count). The van der Waals surface area contributed by atoms with Crippen LogP contribution >= 0.6 is 11.6 Å². The van der Waals surface area contributed by atoms with Crippen molar-refractivity contribution in [1.82, 2.24) is 15.3 Å². The molecule has 2 N–H and O–H groups in total. The second-order valence-electron chi connectivity index (χ2n) is 11.8. The zero-order valence-corrected chi connectivity index (χ0v) is 23.2. The first kappa shape index (κ1) is 26.3. The molecule has 4 aliphatic carbocycles. The number of esters is 1. The van der Waals surface area contributed by atoms with E-state index in [1.54, 1.807) is 19.1 Å². The van der Waals surface area contributed by atoms with E-state index in [4.69, 9.17) is 21.3 Å². The standard InChI is InChI=1S/C29H36ClN5O4/c1-3-39-28(37)21-11-22(30)26(31-15-21)34-7-8-35(17(2)16-34)24-6-4-5-23(32-24)27(36)33-25-19-9-18-10-20(25)14-29(38,12-18)13-19/h4-6,11,15,17-20,25,38H,3,7-10,12-14,16H2,1-2H3,(H,33,36)/t17-,18?,19?,20?,25-,29-/m1/s1. The minimum absolute atomic E-state index is 0.0948. The van der Waals surface area contributed by atoms with Crippen molar-refractivity contribution in [3.05, 3.63) is 46.7 Å². The van der Waals surface area contributed by atoms with Gasteiger partial charge in [0.05, 0.1) is 22.8 Å². The Morgan fingerprint density at radius 3 is 2.64 bits per heavy atom. The van der Waals surface area contributed by atoms with Gasteiger partial charge in [0.25, 0.3) is 5.91 Å². The van der Waals surface area contributed by atoms with Crippen LogP contribution in [0.2, 0.25) is 5.02 Å². The van der Waals surface area contributed by atoms with E-state index in [-0.39, 0.29) is 18.0 Å². The molecule has 0 radical (unpaired) electrons. The predicted molar refractivity (Wildman–Crippen MR) is 148 cm³/mol. The van der Waals surface area contributed by atoms with Gasteiger partial charge >= 0.3 is 5.97 Å². The lowest BCUT2D eigenvalue weighted by atomic mass is 9.52. The lowest BCUT2D eigenvalue weighted by Crippen LogP contribution is -2.61. The Bertz CT molecular complexity index is 1260. The lowest BCUT2D eigenvalue weighted by Gasteiger charge is -2.58. The number of rotatable bonds is 6. The van der Waals surface area contributed by atoms with E-state index in [9.17, 15) is 14.7 Å². The molecule has 0 aromatic carbocycles. The average Bonchev–Trinajstić information content (AvgIpc) is 2.90. The monoisotopic (exact) mass is 553 g/mol. The summed E-state index contributed by atoms with van der Waals surface area (Å²) in [5.41, 5.74) is 0.242. The Morgan fingerprint density at radius 2 is 1.97 bits per heavy atom. The SMILES string of the molecule is CCOC(=O)c1cnc(N2CCN(c3cccc(C(=O)N[C@H]4C5CC6CC4C[C@](O)(C6)C5)n3)[C@H](C)C2)c(Cl)c1. The lowest BCUT2D eigenvalue weighted by molar-refractivity contribution is -0.136. The third-order valence-electron chi connectivity index (χ3n) is 9.06. The topological polar surface area (TPSA) is 108 Å². The van der Waals surface area contributed by atoms with Crippen molar-refractivity contribution in [2.24, 2.45) is 17.8 Å². The molecule has 2 aromatic rings. The van der Waals surface area contributed by atoms with E-state index in [1.165, 1.54) is 6.20 Å². The Labute approximate surface area is 233 Å². The number of pyridine rings is 2. The molecule has 10 heteroatoms. The van der Waals surface area contributed by atoms with Gasteiger partial charge in [0, 0.05) is 37.9 Å². The second-order valence-corrected chi connectivity index (χ2v) is 12.2. The van der Waals surface area contributed by atoms with E-state index in [0.29, 0.717) is 66.1 Å². The number of amides is 1. The van der Waals surface area contributed by atoms with Crippen molar-refractivity contribution in [3.8, 4) is 0 Å². The first-order chi connectivity index (χ1) is 18.7. The van der Waals surface area contributed by atoms with Gasteiger partial charge in [0.1, 0.15) is 17.3 Å². The summed E-state index contributed by atoms with van der Waals surface area (Å²) in [6.45, 7) is 6.18. The zero-order chi connectivity index (χ0) is 27.3. The number of aliphatic hydroxyl groups is 1. The maximum atomic E-state index is 13.3. The summed E-state index contributed by atoms with van der Waals surface area (Å²) in [5, 5.41) is 14.6. The van der Waals surface area contributed by atoms with Gasteiger partial charge in [-0.05, 0) is 81.9 Å². The molecule has 5 fully saturated rings. The molecule has 3 atom stereocenters. The van der Waals surface area contributed by atoms with Crippen LogP contribution in [0.15, 0.2) is 30.5 Å². The molecule has 208 valence electrons. The number of piperazine rings is 1. The molecule has 5 aliphatic rings. The summed E-state index contributed by atoms with van der Waals surface area (Å²) >= 11 is 6.50. The molecule has 3 heterocycles. The van der Waals surface area contributed by atoms with Gasteiger partial charge in [-0.15, -0.1) is 0 Å². The van der Waals surface area contributed by atoms with Gasteiger partial charge in [0.2, 0.25) is 0 Å². The van der Waals surface area contributed by atoms with Crippen LogP contribution in [-0.2, 0) is 4.74 Å². The van der Waals surface area contributed by atoms with E-state index in [1.807, 2.05) is 12.1 Å². The van der Waals surface area contributed by atoms with E-state index >= 15 is 0 Å². The van der Waals surface area contributed by atoms with E-state index in [0.717, 1.165) is 37.9 Å². The number of hydrogen-bond acceptors (Lipinski definition) is 8. The summed E-state index contributed by atoms with van der Waals surface area (Å²) in [6.07, 6.45) is 6.23. The van der Waals surface area contributed by atoms with Crippen LogP contribution < -0.4 is 15.1 Å². The number of nitrogens with zero attached hydrogens (tertiary/aromatic N) is 4. The van der Waals surface area contributed by atoms with Gasteiger partial charge < -0.3 is 25.0 Å². The summed E-state index contributed by atoms with van der Waals surface area (Å²) in [7, 11) is 0. The molecule has 39 heavy (non-hydrogen) atoms. The van der Waals surface area contributed by atoms with Crippen molar-refractivity contribution >= 4 is 35.1 Å². The number of nitrogens with one attached hydrogen (secondary N) is 1. The fourth-order valence-corrected chi connectivity index (χ4v) is 7.92. The molecule has 4 saturated carbocycles. The molecule has 1 saturated heterocycles. The van der Waals surface area contributed by atoms with E-state index in [2.05, 4.69) is 27.0 Å². The minimum Gasteiger partial charge on any atom is -0.462 e. The van der Waals surface area contributed by atoms with Crippen molar-refractivity contribution < 1.29 is 19.4 Å². The summed E-state index contributed by atoms with van der Waals surface area (Å²) < 4.78 is 5.04. The largest absolute Gasteiger partial charge is 0.462 e. The predicted octanol–water partition coefficient (Wildman–Crippen LogP) is 3.69. The first-order valence-corrected chi connectivity index (χ1v) is 14.5. The second kappa shape index (κ2) is 10.2. The van der Waals surface area contributed by atoms with Crippen molar-refractivity contribution in [2.45, 2.75) is 63.6 Å². The molecule has 9 nitrogen and oxygen atoms in total. The van der Waals surface area contributed by atoms with Gasteiger partial charge in [-0.25, -0.2) is 14.8 Å². The number of hydrogen-bond donors (Lipinski definition) is 2. The molecular weight excluding hydrogens is 518 g/mol. The molecular formula is C29H36ClN5O4. The molecule has 2 unspecified atom stereocenters. The fourth-order valence-electron chi connectivity index (χ4n) is 7.63. The van der Waals surface area contributed by atoms with Crippen LogP contribution in [0.1, 0.15) is 66.8 Å². The van der Waals surface area contributed by atoms with Crippen molar-refractivity contribution in [1.29, 1.82) is 0 Å². The third kappa shape index (κ3) is 5.07. The first-order valence-electron chi connectivity index (χ1n) is 14.1. The van der Waals surface area contributed by atoms with E-state index < -0.39 is 11.6 Å². The maximum Gasteiger partial charge on any atom is 0.339 e. The minimum atomic E-state index is -0.517. The van der Waals surface area contributed by atoms with Crippen molar-refractivity contribution in [2.75, 3.05) is 36.0 Å². The number of ether oxygens (including phenoxy) is 1. The molecule has 1 amide bonds. The summed E-state index contributed by atoms with van der Waals surface area (Å²) in [6, 6.07) is 7.43. The van der Waals surface area contributed by atoms with Crippen LogP contribution in [0.3, 0.4) is 0 Å². The molecule has 1 aliphatic heterocycles. The highest BCUT2D eigenvalue weighted by Gasteiger charge is 2.55.